The molecule has 1 aliphatic heterocycles. The van der Waals surface area contributed by atoms with Gasteiger partial charge >= 0.3 is 0 Å². The van der Waals surface area contributed by atoms with E-state index in [1.807, 2.05) is 0 Å². The fraction of sp³-hybridized carbons (Fsp3) is 1.00. The van der Waals surface area contributed by atoms with Gasteiger partial charge in [-0.25, -0.2) is 0 Å². The van der Waals surface area contributed by atoms with Crippen molar-refractivity contribution < 1.29 is 4.48 Å². The van der Waals surface area contributed by atoms with Gasteiger partial charge in [0.15, 0.2) is 0 Å². The molecule has 0 amide bonds. The van der Waals surface area contributed by atoms with Crippen molar-refractivity contribution in [3.8, 4) is 0 Å². The van der Waals surface area contributed by atoms with Gasteiger partial charge in [0, 0.05) is 12.8 Å². The Hall–Kier alpha value is -0.0400. The maximum atomic E-state index is 2.44. The van der Waals surface area contributed by atoms with Crippen molar-refractivity contribution in [2.45, 2.75) is 142 Å². The molecule has 1 saturated heterocycles. The fourth-order valence-corrected chi connectivity index (χ4v) is 4.94. The van der Waals surface area contributed by atoms with Gasteiger partial charge in [-0.1, -0.05) is 96.8 Å². The quantitative estimate of drug-likeness (QED) is 0.169. The molecule has 0 aliphatic carbocycles. The lowest BCUT2D eigenvalue weighted by Gasteiger charge is -2.38. The van der Waals surface area contributed by atoms with Gasteiger partial charge in [0.25, 0.3) is 0 Å². The number of likely N-dealkylation sites (tertiary alicyclic amines) is 1. The van der Waals surface area contributed by atoms with E-state index >= 15 is 0 Å². The van der Waals surface area contributed by atoms with E-state index in [-0.39, 0.29) is 0 Å². The Morgan fingerprint density at radius 3 is 1.23 bits per heavy atom. The Balaban J connectivity index is 1.78. The third-order valence-corrected chi connectivity index (χ3v) is 7.01. The molecule has 1 aliphatic rings. The molecule has 0 aromatic carbocycles. The van der Waals surface area contributed by atoms with Crippen LogP contribution in [0.2, 0.25) is 0 Å². The number of hydrogen-bond acceptors (Lipinski definition) is 0. The summed E-state index contributed by atoms with van der Waals surface area (Å²) in [5, 5.41) is 0. The van der Waals surface area contributed by atoms with Crippen molar-refractivity contribution in [1.82, 2.24) is 0 Å². The highest BCUT2D eigenvalue weighted by Crippen LogP contribution is 2.25. The van der Waals surface area contributed by atoms with Gasteiger partial charge in [0.05, 0.1) is 25.7 Å². The van der Waals surface area contributed by atoms with E-state index in [1.165, 1.54) is 140 Å². The van der Waals surface area contributed by atoms with Crippen LogP contribution in [-0.4, -0.2) is 30.2 Å². The van der Waals surface area contributed by atoms with Crippen LogP contribution in [0.5, 0.6) is 0 Å². The number of unbranched alkanes of at least 4 members (excludes halogenated alkanes) is 15. The highest BCUT2D eigenvalue weighted by Gasteiger charge is 2.33. The fourth-order valence-electron chi connectivity index (χ4n) is 4.94. The summed E-state index contributed by atoms with van der Waals surface area (Å²) in [6, 6.07) is 0.842. The second-order valence-corrected chi connectivity index (χ2v) is 9.49. The van der Waals surface area contributed by atoms with Crippen LogP contribution >= 0.6 is 0 Å². The zero-order valence-electron chi connectivity index (χ0n) is 18.9. The summed E-state index contributed by atoms with van der Waals surface area (Å²) >= 11 is 0. The van der Waals surface area contributed by atoms with Crippen LogP contribution in [0.25, 0.3) is 0 Å². The van der Waals surface area contributed by atoms with Gasteiger partial charge in [-0.2, -0.15) is 0 Å². The Morgan fingerprint density at radius 1 is 0.538 bits per heavy atom. The van der Waals surface area contributed by atoms with Crippen molar-refractivity contribution in [2.24, 2.45) is 0 Å². The first kappa shape index (κ1) is 24.0. The summed E-state index contributed by atoms with van der Waals surface area (Å²) in [4.78, 5) is 0. The van der Waals surface area contributed by atoms with Crippen LogP contribution in [0.15, 0.2) is 0 Å². The predicted octanol–water partition coefficient (Wildman–Crippen LogP) is 8.27. The topological polar surface area (TPSA) is 0 Å². The third-order valence-electron chi connectivity index (χ3n) is 7.01. The highest BCUT2D eigenvalue weighted by atomic mass is 15.4. The molecule has 26 heavy (non-hydrogen) atoms. The van der Waals surface area contributed by atoms with Crippen LogP contribution < -0.4 is 0 Å². The first-order chi connectivity index (χ1) is 12.7. The van der Waals surface area contributed by atoms with Crippen LogP contribution in [0.4, 0.5) is 0 Å². The van der Waals surface area contributed by atoms with Gasteiger partial charge in [0.1, 0.15) is 0 Å². The summed E-state index contributed by atoms with van der Waals surface area (Å²) in [5.74, 6) is 0. The molecule has 0 unspecified atom stereocenters. The van der Waals surface area contributed by atoms with E-state index in [0.29, 0.717) is 0 Å². The predicted molar refractivity (Wildman–Crippen MR) is 119 cm³/mol. The molecule has 1 heteroatoms. The smallest absolute Gasteiger partial charge is 0.0833 e. The molecule has 0 bridgehead atoms. The van der Waals surface area contributed by atoms with Crippen LogP contribution in [0.1, 0.15) is 136 Å². The molecular weight excluding hydrogens is 314 g/mol. The van der Waals surface area contributed by atoms with Gasteiger partial charge in [0.2, 0.25) is 0 Å². The molecule has 0 radical (unpaired) electrons. The molecule has 156 valence electrons. The van der Waals surface area contributed by atoms with E-state index < -0.39 is 0 Å². The number of nitrogens with zero attached hydrogens (tertiary/aromatic N) is 1. The third kappa shape index (κ3) is 11.0. The van der Waals surface area contributed by atoms with Crippen molar-refractivity contribution in [3.63, 3.8) is 0 Å². The lowest BCUT2D eigenvalue weighted by Crippen LogP contribution is -2.51. The second kappa shape index (κ2) is 16.0. The van der Waals surface area contributed by atoms with Crippen molar-refractivity contribution in [2.75, 3.05) is 19.6 Å². The standard InChI is InChI=1S/C25H52N/c1-4-5-6-7-8-9-10-11-12-13-14-15-16-17-18-19-22-26(25(2)3)23-20-21-24-26/h25H,4-24H2,1-3H3/q+1. The minimum Gasteiger partial charge on any atom is -0.322 e. The molecule has 0 atom stereocenters. The average molecular weight is 367 g/mol. The van der Waals surface area contributed by atoms with E-state index in [9.17, 15) is 0 Å². The Kier molecular flexibility index (Phi) is 14.7. The van der Waals surface area contributed by atoms with Gasteiger partial charge in [-0.05, 0) is 26.7 Å². The molecular formula is C25H52N+. The first-order valence-electron chi connectivity index (χ1n) is 12.6. The van der Waals surface area contributed by atoms with Crippen LogP contribution in [-0.2, 0) is 0 Å². The first-order valence-corrected chi connectivity index (χ1v) is 12.6. The number of quaternary nitrogens is 1. The minimum atomic E-state index is 0.842. The van der Waals surface area contributed by atoms with Crippen LogP contribution in [0.3, 0.4) is 0 Å². The molecule has 1 rings (SSSR count). The number of rotatable bonds is 18. The monoisotopic (exact) mass is 366 g/mol. The second-order valence-electron chi connectivity index (χ2n) is 9.49. The van der Waals surface area contributed by atoms with Gasteiger partial charge in [-0.15, -0.1) is 0 Å². The van der Waals surface area contributed by atoms with Crippen molar-refractivity contribution >= 4 is 0 Å². The van der Waals surface area contributed by atoms with E-state index in [1.54, 1.807) is 0 Å². The summed E-state index contributed by atoms with van der Waals surface area (Å²) in [6.07, 6.45) is 26.5. The molecule has 0 spiro atoms. The number of hydrogen-bond donors (Lipinski definition) is 0. The maximum Gasteiger partial charge on any atom is 0.0833 e. The lowest BCUT2D eigenvalue weighted by atomic mass is 10.0. The van der Waals surface area contributed by atoms with Gasteiger partial charge in [-0.3, -0.25) is 0 Å². The summed E-state index contributed by atoms with van der Waals surface area (Å²) in [6.45, 7) is 11.6. The summed E-state index contributed by atoms with van der Waals surface area (Å²) in [7, 11) is 0. The minimum absolute atomic E-state index is 0.842. The Labute approximate surface area is 166 Å². The zero-order chi connectivity index (χ0) is 18.9. The van der Waals surface area contributed by atoms with Crippen molar-refractivity contribution in [1.29, 1.82) is 0 Å². The van der Waals surface area contributed by atoms with Crippen LogP contribution in [0, 0.1) is 0 Å². The molecule has 0 aromatic rings. The largest absolute Gasteiger partial charge is 0.322 e. The maximum absolute atomic E-state index is 2.44. The highest BCUT2D eigenvalue weighted by molar-refractivity contribution is 4.59. The molecule has 0 aromatic heterocycles. The van der Waals surface area contributed by atoms with Crippen molar-refractivity contribution in [3.05, 3.63) is 0 Å². The summed E-state index contributed by atoms with van der Waals surface area (Å²) in [5.41, 5.74) is 0. The molecule has 1 fully saturated rings. The van der Waals surface area contributed by atoms with E-state index in [2.05, 4.69) is 20.8 Å². The normalized spacial score (nSPS) is 16.6. The lowest BCUT2D eigenvalue weighted by molar-refractivity contribution is -0.937. The molecule has 0 N–H and O–H groups in total. The van der Waals surface area contributed by atoms with Gasteiger partial charge < -0.3 is 4.48 Å². The molecule has 1 nitrogen and oxygen atoms in total. The molecule has 0 saturated carbocycles. The SMILES string of the molecule is CCCCCCCCCCCCCCCCCC[N+]1(C(C)C)CCCC1. The van der Waals surface area contributed by atoms with E-state index in [4.69, 9.17) is 0 Å². The van der Waals surface area contributed by atoms with E-state index in [0.717, 1.165) is 6.04 Å². The summed E-state index contributed by atoms with van der Waals surface area (Å²) < 4.78 is 1.43. The Bertz CT molecular complexity index is 291. The zero-order valence-corrected chi connectivity index (χ0v) is 18.9. The Morgan fingerprint density at radius 2 is 0.885 bits per heavy atom. The molecule has 1 heterocycles. The average Bonchev–Trinajstić information content (AvgIpc) is 3.12.